The number of hydrogen-bond acceptors (Lipinski definition) is 3. The molecule has 0 saturated carbocycles. The highest BCUT2D eigenvalue weighted by atomic mass is 35.5. The molecule has 0 spiro atoms. The monoisotopic (exact) mass is 320 g/mol. The van der Waals surface area contributed by atoms with Crippen molar-refractivity contribution < 1.29 is 14.3 Å². The molecule has 1 atom stereocenters. The molecule has 0 heterocycles. The summed E-state index contributed by atoms with van der Waals surface area (Å²) in [5.41, 5.74) is 0.601. The minimum absolute atomic E-state index is 0.106. The van der Waals surface area contributed by atoms with Gasteiger partial charge < -0.3 is 9.47 Å². The summed E-state index contributed by atoms with van der Waals surface area (Å²) in [6, 6.07) is 11.6. The lowest BCUT2D eigenvalue weighted by Gasteiger charge is -2.14. The van der Waals surface area contributed by atoms with E-state index in [1.54, 1.807) is 49.6 Å². The summed E-state index contributed by atoms with van der Waals surface area (Å²) < 4.78 is 10.2. The highest BCUT2D eigenvalue weighted by Crippen LogP contribution is 2.33. The van der Waals surface area contributed by atoms with Crippen molar-refractivity contribution in [2.75, 3.05) is 7.11 Å². The van der Waals surface area contributed by atoms with Crippen molar-refractivity contribution in [1.29, 1.82) is 0 Å². The van der Waals surface area contributed by atoms with E-state index in [4.69, 9.17) is 40.5 Å². The average molecular weight is 321 g/mol. The predicted molar refractivity (Wildman–Crippen MR) is 83.6 cm³/mol. The summed E-state index contributed by atoms with van der Waals surface area (Å²) in [4.78, 5) is 12.1. The average Bonchev–Trinajstić information content (AvgIpc) is 2.50. The van der Waals surface area contributed by atoms with Gasteiger partial charge in [-0.2, -0.15) is 0 Å². The smallest absolute Gasteiger partial charge is 0.309 e. The number of benzene rings is 2. The summed E-state index contributed by atoms with van der Waals surface area (Å²) in [6.45, 7) is 0. The summed E-state index contributed by atoms with van der Waals surface area (Å²) in [7, 11) is 7.43. The van der Waals surface area contributed by atoms with Crippen LogP contribution in [0.3, 0.4) is 0 Å². The SMILES string of the molecule is [B]C(C(=O)Oc1c(Cl)cccc1Cl)c1ccc(OC)cc1. The van der Waals surface area contributed by atoms with E-state index in [1.165, 1.54) is 0 Å². The molecule has 2 radical (unpaired) electrons. The third kappa shape index (κ3) is 3.71. The third-order valence-electron chi connectivity index (χ3n) is 2.85. The van der Waals surface area contributed by atoms with Crippen molar-refractivity contribution in [2.45, 2.75) is 5.82 Å². The van der Waals surface area contributed by atoms with Gasteiger partial charge in [0.25, 0.3) is 0 Å². The molecule has 3 nitrogen and oxygen atoms in total. The molecular formula is C15H11BCl2O3. The molecule has 0 N–H and O–H groups in total. The lowest BCUT2D eigenvalue weighted by Crippen LogP contribution is -2.19. The van der Waals surface area contributed by atoms with Crippen molar-refractivity contribution in [1.82, 2.24) is 0 Å². The van der Waals surface area contributed by atoms with Crippen molar-refractivity contribution in [3.8, 4) is 11.5 Å². The zero-order valence-electron chi connectivity index (χ0n) is 11.2. The number of hydrogen-bond donors (Lipinski definition) is 0. The first kappa shape index (κ1) is 15.7. The van der Waals surface area contributed by atoms with Crippen LogP contribution in [-0.4, -0.2) is 20.9 Å². The van der Waals surface area contributed by atoms with Crippen molar-refractivity contribution in [3.05, 3.63) is 58.1 Å². The van der Waals surface area contributed by atoms with Gasteiger partial charge in [-0.25, -0.2) is 0 Å². The van der Waals surface area contributed by atoms with Gasteiger partial charge in [-0.05, 0) is 29.8 Å². The largest absolute Gasteiger partial charge is 0.497 e. The van der Waals surface area contributed by atoms with Crippen LogP contribution in [0.4, 0.5) is 0 Å². The Morgan fingerprint density at radius 2 is 1.67 bits per heavy atom. The summed E-state index contributed by atoms with van der Waals surface area (Å²) in [5.74, 6) is -0.804. The molecule has 106 valence electrons. The van der Waals surface area contributed by atoms with Crippen LogP contribution < -0.4 is 9.47 Å². The molecule has 0 saturated heterocycles. The quantitative estimate of drug-likeness (QED) is 0.488. The van der Waals surface area contributed by atoms with Gasteiger partial charge in [-0.15, -0.1) is 0 Å². The lowest BCUT2D eigenvalue weighted by molar-refractivity contribution is -0.134. The number of methoxy groups -OCH3 is 1. The summed E-state index contributed by atoms with van der Waals surface area (Å²) in [5, 5.41) is 0.496. The third-order valence-corrected chi connectivity index (χ3v) is 3.45. The Hall–Kier alpha value is -1.65. The molecular weight excluding hydrogens is 310 g/mol. The van der Waals surface area contributed by atoms with E-state index in [0.717, 1.165) is 0 Å². The van der Waals surface area contributed by atoms with E-state index in [0.29, 0.717) is 11.3 Å². The fourth-order valence-corrected chi connectivity index (χ4v) is 2.17. The van der Waals surface area contributed by atoms with Crippen molar-refractivity contribution in [2.24, 2.45) is 0 Å². The fourth-order valence-electron chi connectivity index (χ4n) is 1.69. The van der Waals surface area contributed by atoms with Gasteiger partial charge in [0.1, 0.15) is 5.75 Å². The van der Waals surface area contributed by atoms with Gasteiger partial charge in [0.2, 0.25) is 0 Å². The standard InChI is InChI=1S/C15H11BCl2O3/c1-20-10-7-5-9(6-8-10)13(16)15(19)21-14-11(17)3-2-4-12(14)18/h2-8,13H,1H3. The first-order valence-electron chi connectivity index (χ1n) is 6.08. The van der Waals surface area contributed by atoms with E-state index in [2.05, 4.69) is 0 Å². The van der Waals surface area contributed by atoms with E-state index in [1.807, 2.05) is 0 Å². The second-order valence-electron chi connectivity index (χ2n) is 4.22. The number of carbonyl (C=O) groups is 1. The molecule has 0 aliphatic heterocycles. The second-order valence-corrected chi connectivity index (χ2v) is 5.04. The van der Waals surface area contributed by atoms with E-state index in [9.17, 15) is 4.79 Å². The molecule has 0 fully saturated rings. The maximum Gasteiger partial charge on any atom is 0.309 e. The first-order chi connectivity index (χ1) is 10.0. The molecule has 21 heavy (non-hydrogen) atoms. The summed E-state index contributed by atoms with van der Waals surface area (Å²) in [6.07, 6.45) is 0. The van der Waals surface area contributed by atoms with E-state index >= 15 is 0 Å². The Kier molecular flexibility index (Phi) is 5.15. The van der Waals surface area contributed by atoms with E-state index in [-0.39, 0.29) is 15.8 Å². The molecule has 6 heteroatoms. The summed E-state index contributed by atoms with van der Waals surface area (Å²) >= 11 is 11.9. The maximum absolute atomic E-state index is 12.1. The highest BCUT2D eigenvalue weighted by Gasteiger charge is 2.19. The number of rotatable bonds is 4. The Morgan fingerprint density at radius 1 is 1.10 bits per heavy atom. The van der Waals surface area contributed by atoms with Crippen LogP contribution in [0.5, 0.6) is 11.5 Å². The Balaban J connectivity index is 2.15. The van der Waals surface area contributed by atoms with Crippen molar-refractivity contribution >= 4 is 37.0 Å². The van der Waals surface area contributed by atoms with Crippen LogP contribution in [0.2, 0.25) is 10.0 Å². The Morgan fingerprint density at radius 3 is 2.19 bits per heavy atom. The first-order valence-corrected chi connectivity index (χ1v) is 6.83. The Bertz CT molecular complexity index is 624. The molecule has 0 aromatic heterocycles. The number of esters is 1. The van der Waals surface area contributed by atoms with Crippen LogP contribution in [0.25, 0.3) is 0 Å². The van der Waals surface area contributed by atoms with Crippen LogP contribution in [0.1, 0.15) is 11.4 Å². The lowest BCUT2D eigenvalue weighted by atomic mass is 9.81. The Labute approximate surface area is 134 Å². The topological polar surface area (TPSA) is 35.5 Å². The molecule has 0 aliphatic rings. The van der Waals surface area contributed by atoms with Crippen LogP contribution in [0.15, 0.2) is 42.5 Å². The van der Waals surface area contributed by atoms with Crippen LogP contribution in [-0.2, 0) is 4.79 Å². The number of para-hydroxylation sites is 1. The normalized spacial score (nSPS) is 11.8. The zero-order chi connectivity index (χ0) is 15.4. The van der Waals surface area contributed by atoms with Gasteiger partial charge in [-0.3, -0.25) is 4.79 Å². The van der Waals surface area contributed by atoms with Gasteiger partial charge >= 0.3 is 5.97 Å². The van der Waals surface area contributed by atoms with Gasteiger partial charge in [0.05, 0.1) is 25.0 Å². The molecule has 2 rings (SSSR count). The van der Waals surface area contributed by atoms with Gasteiger partial charge in [0, 0.05) is 5.82 Å². The highest BCUT2D eigenvalue weighted by molar-refractivity contribution is 6.37. The van der Waals surface area contributed by atoms with Gasteiger partial charge in [-0.1, -0.05) is 41.4 Å². The molecule has 0 aliphatic carbocycles. The van der Waals surface area contributed by atoms with Crippen LogP contribution in [0, 0.1) is 0 Å². The van der Waals surface area contributed by atoms with E-state index < -0.39 is 11.8 Å². The van der Waals surface area contributed by atoms with Crippen LogP contribution >= 0.6 is 23.2 Å². The number of carbonyl (C=O) groups excluding carboxylic acids is 1. The molecule has 2 aromatic carbocycles. The minimum atomic E-state index is -0.941. The number of halogens is 2. The number of ether oxygens (including phenoxy) is 2. The zero-order valence-corrected chi connectivity index (χ0v) is 12.7. The predicted octanol–water partition coefficient (Wildman–Crippen LogP) is 3.82. The maximum atomic E-state index is 12.1. The fraction of sp³-hybridized carbons (Fsp3) is 0.133. The molecule has 1 unspecified atom stereocenters. The molecule has 2 aromatic rings. The minimum Gasteiger partial charge on any atom is -0.497 e. The second kappa shape index (κ2) is 6.88. The van der Waals surface area contributed by atoms with Crippen molar-refractivity contribution in [3.63, 3.8) is 0 Å². The van der Waals surface area contributed by atoms with Gasteiger partial charge in [0.15, 0.2) is 5.75 Å². The molecule has 0 bridgehead atoms. The molecule has 0 amide bonds.